The molecule has 0 bridgehead atoms. The van der Waals surface area contributed by atoms with Gasteiger partial charge in [0.25, 0.3) is 0 Å². The Balaban J connectivity index is 1.70. The number of piperazine rings is 1. The lowest BCUT2D eigenvalue weighted by Crippen LogP contribution is -2.51. The maximum absolute atomic E-state index is 14.8. The van der Waals surface area contributed by atoms with Crippen LogP contribution < -0.4 is 0 Å². The Hall–Kier alpha value is -1.66. The van der Waals surface area contributed by atoms with Gasteiger partial charge < -0.3 is 19.3 Å². The summed E-state index contributed by atoms with van der Waals surface area (Å²) in [6.45, 7) is 4.83. The molecule has 2 unspecified atom stereocenters. The number of aliphatic hydroxyl groups is 1. The number of likely N-dealkylation sites (N-methyl/N-ethyl adjacent to an activating group) is 1. The highest BCUT2D eigenvalue weighted by Crippen LogP contribution is 2.42. The molecule has 0 spiro atoms. The molecule has 0 radical (unpaired) electrons. The summed E-state index contributed by atoms with van der Waals surface area (Å²) in [4.78, 5) is 4.77. The van der Waals surface area contributed by atoms with E-state index in [0.717, 1.165) is 64.0 Å². The monoisotopic (exact) mass is 446 g/mol. The summed E-state index contributed by atoms with van der Waals surface area (Å²) >= 11 is 6.39. The van der Waals surface area contributed by atoms with Crippen LogP contribution in [0.3, 0.4) is 0 Å². The molecule has 1 aromatic heterocycles. The van der Waals surface area contributed by atoms with Gasteiger partial charge in [0, 0.05) is 55.6 Å². The third-order valence-electron chi connectivity index (χ3n) is 6.92. The summed E-state index contributed by atoms with van der Waals surface area (Å²) in [6, 6.07) is 8.47. The normalized spacial score (nSPS) is 27.5. The highest BCUT2D eigenvalue weighted by atomic mass is 35.5. The molecule has 4 rings (SSSR count). The minimum Gasteiger partial charge on any atom is -0.465 e. The van der Waals surface area contributed by atoms with Gasteiger partial charge in [0.15, 0.2) is 0 Å². The third kappa shape index (κ3) is 5.23. The highest BCUT2D eigenvalue weighted by Gasteiger charge is 2.43. The molecule has 1 aliphatic heterocycles. The first-order valence-electron chi connectivity index (χ1n) is 11.3. The van der Waals surface area contributed by atoms with Gasteiger partial charge in [0.2, 0.25) is 0 Å². The van der Waals surface area contributed by atoms with Gasteiger partial charge in [0.05, 0.1) is 11.9 Å². The quantitative estimate of drug-likeness (QED) is 0.665. The molecule has 1 aliphatic carbocycles. The topological polar surface area (TPSA) is 39.9 Å². The van der Waals surface area contributed by atoms with Crippen molar-refractivity contribution in [2.24, 2.45) is 5.92 Å². The summed E-state index contributed by atoms with van der Waals surface area (Å²) in [5, 5.41) is 12.7. The molecule has 1 saturated heterocycles. The van der Waals surface area contributed by atoms with Crippen molar-refractivity contribution in [3.05, 3.63) is 64.3 Å². The third-order valence-corrected chi connectivity index (χ3v) is 7.28. The number of hydrogen-bond donors (Lipinski definition) is 1. The molecule has 31 heavy (non-hydrogen) atoms. The number of benzene rings is 1. The summed E-state index contributed by atoms with van der Waals surface area (Å²) in [6.07, 6.45) is 7.48. The van der Waals surface area contributed by atoms with Crippen LogP contribution in [0.4, 0.5) is 4.39 Å². The second kappa shape index (κ2) is 9.86. The second-order valence-electron chi connectivity index (χ2n) is 9.03. The number of nitrogens with zero attached hydrogens (tertiary/aromatic N) is 2. The van der Waals surface area contributed by atoms with Crippen molar-refractivity contribution in [3.63, 3.8) is 0 Å². The van der Waals surface area contributed by atoms with Crippen LogP contribution in [-0.2, 0) is 6.42 Å². The van der Waals surface area contributed by atoms with Crippen LogP contribution in [0, 0.1) is 11.7 Å². The minimum atomic E-state index is -1.18. The zero-order valence-electron chi connectivity index (χ0n) is 18.2. The Labute approximate surface area is 189 Å². The van der Waals surface area contributed by atoms with E-state index in [4.69, 9.17) is 16.0 Å². The van der Waals surface area contributed by atoms with Crippen molar-refractivity contribution in [2.45, 2.75) is 37.7 Å². The predicted octanol–water partition coefficient (Wildman–Crippen LogP) is 4.87. The van der Waals surface area contributed by atoms with Gasteiger partial charge in [-0.25, -0.2) is 4.39 Å². The number of rotatable bonds is 5. The van der Waals surface area contributed by atoms with Crippen LogP contribution in [0.5, 0.6) is 0 Å². The van der Waals surface area contributed by atoms with Crippen molar-refractivity contribution < 1.29 is 13.9 Å². The Morgan fingerprint density at radius 1 is 1.19 bits per heavy atom. The fourth-order valence-electron chi connectivity index (χ4n) is 4.98. The summed E-state index contributed by atoms with van der Waals surface area (Å²) < 4.78 is 20.3. The van der Waals surface area contributed by atoms with Crippen molar-refractivity contribution in [2.75, 3.05) is 39.8 Å². The van der Waals surface area contributed by atoms with Crippen LogP contribution in [0.2, 0.25) is 5.02 Å². The van der Waals surface area contributed by atoms with E-state index in [1.54, 1.807) is 18.4 Å². The Morgan fingerprint density at radius 2 is 2.00 bits per heavy atom. The van der Waals surface area contributed by atoms with Gasteiger partial charge in [-0.3, -0.25) is 0 Å². The first-order chi connectivity index (χ1) is 15.0. The maximum Gasteiger partial charge on any atom is 0.128 e. The van der Waals surface area contributed by atoms with Gasteiger partial charge in [0.1, 0.15) is 11.6 Å². The fraction of sp³-hybridized carbons (Fsp3) is 0.520. The molecule has 1 N–H and O–H groups in total. The van der Waals surface area contributed by atoms with E-state index in [9.17, 15) is 9.50 Å². The van der Waals surface area contributed by atoms with Gasteiger partial charge in [-0.1, -0.05) is 24.1 Å². The average molecular weight is 447 g/mol. The van der Waals surface area contributed by atoms with Crippen molar-refractivity contribution in [3.8, 4) is 0 Å². The molecule has 2 heterocycles. The average Bonchev–Trinajstić information content (AvgIpc) is 3.21. The summed E-state index contributed by atoms with van der Waals surface area (Å²) in [5.74, 6) is 0.351. The zero-order valence-corrected chi connectivity index (χ0v) is 19.0. The molecule has 1 aromatic carbocycles. The van der Waals surface area contributed by atoms with Crippen LogP contribution in [0.25, 0.3) is 6.08 Å². The fourth-order valence-corrected chi connectivity index (χ4v) is 5.21. The molecular formula is C25H32ClFN2O2. The maximum atomic E-state index is 14.8. The van der Waals surface area contributed by atoms with Crippen LogP contribution >= 0.6 is 11.6 Å². The molecule has 2 atom stereocenters. The Kier molecular flexibility index (Phi) is 7.17. The van der Waals surface area contributed by atoms with E-state index in [-0.39, 0.29) is 18.2 Å². The molecule has 2 fully saturated rings. The van der Waals surface area contributed by atoms with Crippen LogP contribution in [-0.4, -0.2) is 60.3 Å². The van der Waals surface area contributed by atoms with Crippen molar-refractivity contribution >= 4 is 17.7 Å². The summed E-state index contributed by atoms with van der Waals surface area (Å²) in [7, 11) is 2.14. The molecular weight excluding hydrogens is 415 g/mol. The molecule has 2 aromatic rings. The lowest BCUT2D eigenvalue weighted by Gasteiger charge is -2.42. The molecule has 4 nitrogen and oxygen atoms in total. The Morgan fingerprint density at radius 3 is 2.71 bits per heavy atom. The Bertz CT molecular complexity index is 873. The molecule has 0 amide bonds. The summed E-state index contributed by atoms with van der Waals surface area (Å²) in [5.41, 5.74) is 0.124. The smallest absolute Gasteiger partial charge is 0.128 e. The molecule has 6 heteroatoms. The van der Waals surface area contributed by atoms with Crippen LogP contribution in [0.15, 0.2) is 46.6 Å². The van der Waals surface area contributed by atoms with E-state index < -0.39 is 5.60 Å². The minimum absolute atomic E-state index is 0.00436. The lowest BCUT2D eigenvalue weighted by molar-refractivity contribution is -0.00702. The number of halogens is 2. The van der Waals surface area contributed by atoms with Gasteiger partial charge in [-0.15, -0.1) is 0 Å². The van der Waals surface area contributed by atoms with E-state index in [1.165, 1.54) is 6.07 Å². The first-order valence-corrected chi connectivity index (χ1v) is 11.6. The highest BCUT2D eigenvalue weighted by molar-refractivity contribution is 6.31. The van der Waals surface area contributed by atoms with E-state index in [1.807, 2.05) is 18.2 Å². The second-order valence-corrected chi connectivity index (χ2v) is 9.44. The lowest BCUT2D eigenvalue weighted by atomic mass is 9.74. The molecule has 168 valence electrons. The van der Waals surface area contributed by atoms with Crippen LogP contribution in [0.1, 0.15) is 37.0 Å². The van der Waals surface area contributed by atoms with E-state index >= 15 is 0 Å². The molecule has 1 saturated carbocycles. The van der Waals surface area contributed by atoms with Gasteiger partial charge in [-0.05, 0) is 62.2 Å². The van der Waals surface area contributed by atoms with Gasteiger partial charge in [-0.2, -0.15) is 0 Å². The SMILES string of the molecule is CN1CCN(CC2CCCCC(=Cc3ccco3)C2(O)Cc2c(F)cccc2Cl)CC1. The van der Waals surface area contributed by atoms with Gasteiger partial charge >= 0.3 is 0 Å². The standard InChI is InChI=1S/C25H32ClFN2O2/c1-28-11-13-29(14-12-28)18-20-7-3-2-6-19(16-21-8-5-15-31-21)25(20,30)17-22-23(26)9-4-10-24(22)27/h4-5,8-10,15-16,20,30H,2-3,6-7,11-14,17-18H2,1H3. The first kappa shape index (κ1) is 22.5. The molecule has 2 aliphatic rings. The predicted molar refractivity (Wildman–Crippen MR) is 123 cm³/mol. The van der Waals surface area contributed by atoms with E-state index in [0.29, 0.717) is 16.3 Å². The van der Waals surface area contributed by atoms with Crippen molar-refractivity contribution in [1.29, 1.82) is 0 Å². The largest absolute Gasteiger partial charge is 0.465 e. The van der Waals surface area contributed by atoms with Crippen molar-refractivity contribution in [1.82, 2.24) is 9.80 Å². The number of furan rings is 1. The zero-order chi connectivity index (χ0) is 21.8. The van der Waals surface area contributed by atoms with E-state index in [2.05, 4.69) is 16.8 Å². The number of hydrogen-bond acceptors (Lipinski definition) is 4.